The Bertz CT molecular complexity index is 486. The first-order chi connectivity index (χ1) is 9.04. The van der Waals surface area contributed by atoms with Gasteiger partial charge < -0.3 is 15.6 Å². The highest BCUT2D eigenvalue weighted by Crippen LogP contribution is 2.36. The van der Waals surface area contributed by atoms with Gasteiger partial charge in [-0.1, -0.05) is 12.1 Å². The third-order valence-electron chi connectivity index (χ3n) is 2.72. The second-order valence-corrected chi connectivity index (χ2v) is 4.85. The normalized spacial score (nSPS) is 16.3. The van der Waals surface area contributed by atoms with Crippen LogP contribution < -0.4 is 10.5 Å². The predicted octanol–water partition coefficient (Wildman–Crippen LogP) is 2.66. The summed E-state index contributed by atoms with van der Waals surface area (Å²) in [5.74, 6) is -1.58. The summed E-state index contributed by atoms with van der Waals surface area (Å²) in [7, 11) is 0. The molecular formula is C13H16F3NO3. The number of carbonyl (C=O) groups is 1. The number of ether oxygens (including phenoxy) is 1. The maximum absolute atomic E-state index is 12.8. The van der Waals surface area contributed by atoms with E-state index in [4.69, 9.17) is 15.6 Å². The van der Waals surface area contributed by atoms with Crippen LogP contribution >= 0.6 is 0 Å². The number of carboxylic acid groups (broad SMARTS) is 1. The maximum atomic E-state index is 12.8. The van der Waals surface area contributed by atoms with Gasteiger partial charge in [0.15, 0.2) is 0 Å². The summed E-state index contributed by atoms with van der Waals surface area (Å²) in [6, 6.07) is 4.76. The molecule has 0 aliphatic carbocycles. The van der Waals surface area contributed by atoms with E-state index in [-0.39, 0.29) is 12.2 Å². The van der Waals surface area contributed by atoms with E-state index < -0.39 is 29.4 Å². The fourth-order valence-electron chi connectivity index (χ4n) is 1.75. The molecule has 0 saturated heterocycles. The molecule has 0 aliphatic rings. The maximum Gasteiger partial charge on any atom is 0.419 e. The number of nitrogens with two attached hydrogens (primary N) is 1. The van der Waals surface area contributed by atoms with Crippen molar-refractivity contribution in [1.82, 2.24) is 0 Å². The van der Waals surface area contributed by atoms with E-state index in [2.05, 4.69) is 0 Å². The zero-order valence-corrected chi connectivity index (χ0v) is 11.1. The average molecular weight is 291 g/mol. The molecule has 0 aromatic heterocycles. The van der Waals surface area contributed by atoms with Crippen LogP contribution in [-0.4, -0.2) is 22.7 Å². The van der Waals surface area contributed by atoms with Crippen LogP contribution in [0.1, 0.15) is 25.8 Å². The first kappa shape index (κ1) is 16.3. The number of hydrogen-bond donors (Lipinski definition) is 2. The smallest absolute Gasteiger partial charge is 0.419 e. The zero-order chi connectivity index (χ0) is 15.6. The van der Waals surface area contributed by atoms with Crippen molar-refractivity contribution in [2.75, 3.05) is 0 Å². The number of alkyl halides is 3. The van der Waals surface area contributed by atoms with Crippen molar-refractivity contribution in [1.29, 1.82) is 0 Å². The molecular weight excluding hydrogens is 275 g/mol. The quantitative estimate of drug-likeness (QED) is 0.874. The Morgan fingerprint density at radius 2 is 1.95 bits per heavy atom. The fourth-order valence-corrected chi connectivity index (χ4v) is 1.75. The SMILES string of the molecule is CC(CC(C)(N)C(=O)O)Oc1ccccc1C(F)(F)F. The Morgan fingerprint density at radius 1 is 1.40 bits per heavy atom. The van der Waals surface area contributed by atoms with Gasteiger partial charge in [0.2, 0.25) is 0 Å². The Morgan fingerprint density at radius 3 is 2.45 bits per heavy atom. The fraction of sp³-hybridized carbons (Fsp3) is 0.462. The first-order valence-corrected chi connectivity index (χ1v) is 5.89. The van der Waals surface area contributed by atoms with Gasteiger partial charge >= 0.3 is 12.1 Å². The van der Waals surface area contributed by atoms with Crippen LogP contribution in [0.3, 0.4) is 0 Å². The second-order valence-electron chi connectivity index (χ2n) is 4.85. The third kappa shape index (κ3) is 4.12. The van der Waals surface area contributed by atoms with Crippen molar-refractivity contribution < 1.29 is 27.8 Å². The topological polar surface area (TPSA) is 72.6 Å². The lowest BCUT2D eigenvalue weighted by Crippen LogP contribution is -2.47. The molecule has 0 aliphatic heterocycles. The highest BCUT2D eigenvalue weighted by atomic mass is 19.4. The van der Waals surface area contributed by atoms with Crippen LogP contribution in [0.15, 0.2) is 24.3 Å². The first-order valence-electron chi connectivity index (χ1n) is 5.89. The van der Waals surface area contributed by atoms with Gasteiger partial charge in [-0.2, -0.15) is 13.2 Å². The number of hydrogen-bond acceptors (Lipinski definition) is 3. The van der Waals surface area contributed by atoms with Crippen molar-refractivity contribution in [2.45, 2.75) is 38.1 Å². The summed E-state index contributed by atoms with van der Waals surface area (Å²) in [5, 5.41) is 8.88. The van der Waals surface area contributed by atoms with Crippen LogP contribution in [0.2, 0.25) is 0 Å². The molecule has 0 spiro atoms. The Hall–Kier alpha value is -1.76. The minimum atomic E-state index is -4.53. The average Bonchev–Trinajstić information content (AvgIpc) is 2.26. The highest BCUT2D eigenvalue weighted by Gasteiger charge is 2.35. The largest absolute Gasteiger partial charge is 0.490 e. The summed E-state index contributed by atoms with van der Waals surface area (Å²) in [5.41, 5.74) is 3.07. The van der Waals surface area contributed by atoms with E-state index in [1.54, 1.807) is 0 Å². The Balaban J connectivity index is 2.87. The molecule has 1 aromatic rings. The van der Waals surface area contributed by atoms with Crippen molar-refractivity contribution in [3.63, 3.8) is 0 Å². The number of benzene rings is 1. The van der Waals surface area contributed by atoms with E-state index >= 15 is 0 Å². The summed E-state index contributed by atoms with van der Waals surface area (Å²) >= 11 is 0. The van der Waals surface area contributed by atoms with Crippen LogP contribution in [0.5, 0.6) is 5.75 Å². The molecule has 0 saturated carbocycles. The van der Waals surface area contributed by atoms with Gasteiger partial charge in [0.05, 0.1) is 11.7 Å². The zero-order valence-electron chi connectivity index (χ0n) is 11.1. The standard InChI is InChI=1S/C13H16F3NO3/c1-8(7-12(2,17)11(18)19)20-10-6-4-3-5-9(10)13(14,15)16/h3-6,8H,7,17H2,1-2H3,(H,18,19). The molecule has 3 N–H and O–H groups in total. The van der Waals surface area contributed by atoms with E-state index in [0.717, 1.165) is 6.07 Å². The summed E-state index contributed by atoms with van der Waals surface area (Å²) in [4.78, 5) is 10.9. The van der Waals surface area contributed by atoms with Gasteiger partial charge in [0.1, 0.15) is 11.3 Å². The molecule has 0 bridgehead atoms. The lowest BCUT2D eigenvalue weighted by atomic mass is 9.96. The minimum Gasteiger partial charge on any atom is -0.490 e. The molecule has 1 aromatic carbocycles. The van der Waals surface area contributed by atoms with Gasteiger partial charge in [0, 0.05) is 6.42 Å². The van der Waals surface area contributed by atoms with E-state index in [0.29, 0.717) is 0 Å². The molecule has 20 heavy (non-hydrogen) atoms. The summed E-state index contributed by atoms with van der Waals surface area (Å²) < 4.78 is 43.5. The van der Waals surface area contributed by atoms with Crippen molar-refractivity contribution in [3.8, 4) is 5.75 Å². The van der Waals surface area contributed by atoms with Gasteiger partial charge in [0.25, 0.3) is 0 Å². The van der Waals surface area contributed by atoms with Gasteiger partial charge in [-0.15, -0.1) is 0 Å². The molecule has 0 heterocycles. The Kier molecular flexibility index (Phi) is 4.65. The van der Waals surface area contributed by atoms with Crippen LogP contribution in [0, 0.1) is 0 Å². The Labute approximate surface area is 114 Å². The minimum absolute atomic E-state index is 0.117. The number of para-hydroxylation sites is 1. The predicted molar refractivity (Wildman–Crippen MR) is 66.4 cm³/mol. The molecule has 0 amide bonds. The lowest BCUT2D eigenvalue weighted by molar-refractivity contribution is -0.144. The molecule has 0 fully saturated rings. The van der Waals surface area contributed by atoms with Gasteiger partial charge in [-0.05, 0) is 26.0 Å². The van der Waals surface area contributed by atoms with E-state index in [1.807, 2.05) is 0 Å². The number of rotatable bonds is 5. The van der Waals surface area contributed by atoms with Crippen LogP contribution in [0.4, 0.5) is 13.2 Å². The monoisotopic (exact) mass is 291 g/mol. The summed E-state index contributed by atoms with van der Waals surface area (Å²) in [6.45, 7) is 2.76. The summed E-state index contributed by atoms with van der Waals surface area (Å²) in [6.07, 6.45) is -5.42. The van der Waals surface area contributed by atoms with Gasteiger partial charge in [-0.3, -0.25) is 4.79 Å². The van der Waals surface area contributed by atoms with Crippen LogP contribution in [-0.2, 0) is 11.0 Å². The van der Waals surface area contributed by atoms with Gasteiger partial charge in [-0.25, -0.2) is 0 Å². The molecule has 7 heteroatoms. The van der Waals surface area contributed by atoms with E-state index in [1.165, 1.54) is 32.0 Å². The van der Waals surface area contributed by atoms with Crippen molar-refractivity contribution >= 4 is 5.97 Å². The molecule has 2 unspecified atom stereocenters. The van der Waals surface area contributed by atoms with Crippen molar-refractivity contribution in [3.05, 3.63) is 29.8 Å². The number of aliphatic carboxylic acids is 1. The lowest BCUT2D eigenvalue weighted by Gasteiger charge is -2.25. The number of carboxylic acids is 1. The van der Waals surface area contributed by atoms with Crippen molar-refractivity contribution in [2.24, 2.45) is 5.73 Å². The molecule has 0 radical (unpaired) electrons. The van der Waals surface area contributed by atoms with E-state index in [9.17, 15) is 18.0 Å². The van der Waals surface area contributed by atoms with Crippen LogP contribution in [0.25, 0.3) is 0 Å². The molecule has 4 nitrogen and oxygen atoms in total. The molecule has 2 atom stereocenters. The second kappa shape index (κ2) is 5.70. The molecule has 112 valence electrons. The number of halogens is 3. The molecule has 1 rings (SSSR count). The highest BCUT2D eigenvalue weighted by molar-refractivity contribution is 5.77. The third-order valence-corrected chi connectivity index (χ3v) is 2.72.